The van der Waals surface area contributed by atoms with Crippen molar-refractivity contribution in [2.75, 3.05) is 5.73 Å². The largest absolute Gasteiger partial charge is 0.399 e. The van der Waals surface area contributed by atoms with Gasteiger partial charge in [0.25, 0.3) is 0 Å². The van der Waals surface area contributed by atoms with Crippen molar-refractivity contribution in [1.29, 1.82) is 0 Å². The zero-order valence-electron chi connectivity index (χ0n) is 9.63. The minimum atomic E-state index is 0.904. The molecule has 82 valence electrons. The summed E-state index contributed by atoms with van der Waals surface area (Å²) in [4.78, 5) is 0. The number of rotatable bonds is 2. The van der Waals surface area contributed by atoms with Gasteiger partial charge in [0.15, 0.2) is 0 Å². The Kier molecular flexibility index (Phi) is 3.30. The molecule has 1 aromatic rings. The summed E-state index contributed by atoms with van der Waals surface area (Å²) < 4.78 is 0. The van der Waals surface area contributed by atoms with Gasteiger partial charge >= 0.3 is 0 Å². The second-order valence-corrected chi connectivity index (χ2v) is 4.90. The van der Waals surface area contributed by atoms with Crippen LogP contribution in [-0.2, 0) is 6.42 Å². The van der Waals surface area contributed by atoms with Gasteiger partial charge in [-0.2, -0.15) is 0 Å². The average Bonchev–Trinajstić information content (AvgIpc) is 2.25. The van der Waals surface area contributed by atoms with Crippen LogP contribution in [0.1, 0.15) is 43.2 Å². The van der Waals surface area contributed by atoms with Gasteiger partial charge in [-0.1, -0.05) is 44.2 Å². The third-order valence-corrected chi connectivity index (χ3v) is 3.59. The van der Waals surface area contributed by atoms with Crippen LogP contribution in [0.25, 0.3) is 0 Å². The van der Waals surface area contributed by atoms with Gasteiger partial charge in [0, 0.05) is 5.69 Å². The Balaban J connectivity index is 2.00. The molecule has 0 radical (unpaired) electrons. The van der Waals surface area contributed by atoms with Crippen LogP contribution in [0.2, 0.25) is 0 Å². The summed E-state index contributed by atoms with van der Waals surface area (Å²) in [6.45, 7) is 2.07. The molecule has 1 nitrogen and oxygen atoms in total. The lowest BCUT2D eigenvalue weighted by atomic mass is 9.85. The van der Waals surface area contributed by atoms with E-state index < -0.39 is 0 Å². The Morgan fingerprint density at radius 2 is 1.93 bits per heavy atom. The van der Waals surface area contributed by atoms with E-state index in [9.17, 15) is 0 Å². The van der Waals surface area contributed by atoms with Gasteiger partial charge in [0.1, 0.15) is 0 Å². The molecular formula is C14H21N. The monoisotopic (exact) mass is 203 g/mol. The minimum absolute atomic E-state index is 0.904. The molecule has 1 aliphatic rings. The van der Waals surface area contributed by atoms with Crippen molar-refractivity contribution >= 4 is 5.69 Å². The van der Waals surface area contributed by atoms with E-state index in [2.05, 4.69) is 25.1 Å². The molecule has 1 aliphatic carbocycles. The zero-order chi connectivity index (χ0) is 10.7. The van der Waals surface area contributed by atoms with Crippen molar-refractivity contribution in [2.45, 2.75) is 45.4 Å². The molecule has 1 fully saturated rings. The molecule has 0 spiro atoms. The highest BCUT2D eigenvalue weighted by atomic mass is 14.6. The van der Waals surface area contributed by atoms with E-state index in [1.807, 2.05) is 0 Å². The normalized spacial score (nSPS) is 17.9. The van der Waals surface area contributed by atoms with Gasteiger partial charge in [-0.3, -0.25) is 0 Å². The van der Waals surface area contributed by atoms with Crippen molar-refractivity contribution < 1.29 is 0 Å². The number of benzene rings is 1. The molecule has 0 amide bonds. The van der Waals surface area contributed by atoms with Gasteiger partial charge < -0.3 is 5.73 Å². The highest BCUT2D eigenvalue weighted by Gasteiger charge is 2.13. The summed E-state index contributed by atoms with van der Waals surface area (Å²) in [6.07, 6.45) is 8.33. The van der Waals surface area contributed by atoms with Crippen molar-refractivity contribution in [3.05, 3.63) is 29.3 Å². The molecule has 2 rings (SSSR count). The van der Waals surface area contributed by atoms with Crippen molar-refractivity contribution in [3.63, 3.8) is 0 Å². The molecule has 1 heteroatoms. The molecule has 2 N–H and O–H groups in total. The van der Waals surface area contributed by atoms with Crippen LogP contribution < -0.4 is 5.73 Å². The van der Waals surface area contributed by atoms with Gasteiger partial charge in [0.05, 0.1) is 0 Å². The Morgan fingerprint density at radius 1 is 1.20 bits per heavy atom. The topological polar surface area (TPSA) is 26.0 Å². The van der Waals surface area contributed by atoms with Crippen LogP contribution in [0.5, 0.6) is 0 Å². The number of aryl methyl sites for hydroxylation is 1. The molecule has 0 atom stereocenters. The summed E-state index contributed by atoms with van der Waals surface area (Å²) in [5, 5.41) is 0. The van der Waals surface area contributed by atoms with Gasteiger partial charge in [-0.25, -0.2) is 0 Å². The quantitative estimate of drug-likeness (QED) is 0.729. The zero-order valence-corrected chi connectivity index (χ0v) is 9.63. The number of nitrogen functional groups attached to an aromatic ring is 1. The molecule has 0 unspecified atom stereocenters. The van der Waals surface area contributed by atoms with E-state index in [0.29, 0.717) is 0 Å². The van der Waals surface area contributed by atoms with Gasteiger partial charge in [0.2, 0.25) is 0 Å². The molecule has 1 aromatic carbocycles. The predicted octanol–water partition coefficient (Wildman–Crippen LogP) is 3.70. The molecular weight excluding hydrogens is 182 g/mol. The van der Waals surface area contributed by atoms with E-state index in [-0.39, 0.29) is 0 Å². The lowest BCUT2D eigenvalue weighted by molar-refractivity contribution is 0.357. The molecule has 0 aromatic heterocycles. The molecule has 0 bridgehead atoms. The highest BCUT2D eigenvalue weighted by molar-refractivity contribution is 5.48. The molecule has 15 heavy (non-hydrogen) atoms. The standard InChI is InChI=1S/C14H21N/c1-11-7-8-13(10-14(11)15)9-12-5-3-2-4-6-12/h7-8,10,12H,2-6,9,15H2,1H3. The van der Waals surface area contributed by atoms with Crippen LogP contribution in [0.3, 0.4) is 0 Å². The third-order valence-electron chi connectivity index (χ3n) is 3.59. The second kappa shape index (κ2) is 4.69. The fourth-order valence-electron chi connectivity index (χ4n) is 2.54. The summed E-state index contributed by atoms with van der Waals surface area (Å²) in [6, 6.07) is 6.54. The molecule has 0 saturated heterocycles. The maximum absolute atomic E-state index is 5.93. The smallest absolute Gasteiger partial charge is 0.0346 e. The fraction of sp³-hybridized carbons (Fsp3) is 0.571. The van der Waals surface area contributed by atoms with Crippen molar-refractivity contribution in [2.24, 2.45) is 5.92 Å². The fourth-order valence-corrected chi connectivity index (χ4v) is 2.54. The summed E-state index contributed by atoms with van der Waals surface area (Å²) in [7, 11) is 0. The first-order valence-electron chi connectivity index (χ1n) is 6.11. The maximum atomic E-state index is 5.93. The first-order valence-corrected chi connectivity index (χ1v) is 6.11. The second-order valence-electron chi connectivity index (χ2n) is 4.90. The van der Waals surface area contributed by atoms with Crippen LogP contribution in [-0.4, -0.2) is 0 Å². The predicted molar refractivity (Wildman–Crippen MR) is 65.9 cm³/mol. The van der Waals surface area contributed by atoms with Crippen molar-refractivity contribution in [3.8, 4) is 0 Å². The van der Waals surface area contributed by atoms with E-state index in [4.69, 9.17) is 5.73 Å². The van der Waals surface area contributed by atoms with E-state index >= 15 is 0 Å². The van der Waals surface area contributed by atoms with Crippen LogP contribution >= 0.6 is 0 Å². The Bertz CT molecular complexity index is 324. The minimum Gasteiger partial charge on any atom is -0.399 e. The third kappa shape index (κ3) is 2.74. The van der Waals surface area contributed by atoms with Crippen LogP contribution in [0, 0.1) is 12.8 Å². The van der Waals surface area contributed by atoms with Crippen molar-refractivity contribution in [1.82, 2.24) is 0 Å². The van der Waals surface area contributed by atoms with E-state index in [1.54, 1.807) is 0 Å². The van der Waals surface area contributed by atoms with E-state index in [1.165, 1.54) is 49.7 Å². The summed E-state index contributed by atoms with van der Waals surface area (Å²) in [5.41, 5.74) is 9.49. The molecule has 0 aliphatic heterocycles. The Morgan fingerprint density at radius 3 is 2.60 bits per heavy atom. The molecule has 1 saturated carbocycles. The lowest BCUT2D eigenvalue weighted by Crippen LogP contribution is -2.09. The lowest BCUT2D eigenvalue weighted by Gasteiger charge is -2.21. The van der Waals surface area contributed by atoms with Gasteiger partial charge in [-0.05, 0) is 36.5 Å². The van der Waals surface area contributed by atoms with E-state index in [0.717, 1.165) is 11.6 Å². The van der Waals surface area contributed by atoms with Crippen LogP contribution in [0.15, 0.2) is 18.2 Å². The Hall–Kier alpha value is -0.980. The first kappa shape index (κ1) is 10.5. The first-order chi connectivity index (χ1) is 7.25. The summed E-state index contributed by atoms with van der Waals surface area (Å²) in [5.74, 6) is 0.904. The Labute approximate surface area is 92.7 Å². The number of hydrogen-bond acceptors (Lipinski definition) is 1. The number of nitrogens with two attached hydrogens (primary N) is 1. The SMILES string of the molecule is Cc1ccc(CC2CCCCC2)cc1N. The highest BCUT2D eigenvalue weighted by Crippen LogP contribution is 2.27. The average molecular weight is 203 g/mol. The van der Waals surface area contributed by atoms with Gasteiger partial charge in [-0.15, -0.1) is 0 Å². The molecule has 0 heterocycles. The van der Waals surface area contributed by atoms with Crippen LogP contribution in [0.4, 0.5) is 5.69 Å². The maximum Gasteiger partial charge on any atom is 0.0346 e. The summed E-state index contributed by atoms with van der Waals surface area (Å²) >= 11 is 0. The number of anilines is 1. The number of hydrogen-bond donors (Lipinski definition) is 1.